The van der Waals surface area contributed by atoms with E-state index in [2.05, 4.69) is 23.5 Å². The summed E-state index contributed by atoms with van der Waals surface area (Å²) in [7, 11) is -3.16. The highest BCUT2D eigenvalue weighted by atomic mass is 31.2. The molecule has 5 heteroatoms. The molecule has 6 rings (SSSR count). The zero-order valence-electron chi connectivity index (χ0n) is 21.3. The minimum atomic E-state index is -3.16. The van der Waals surface area contributed by atoms with E-state index in [-0.39, 0.29) is 6.17 Å². The molecule has 5 aromatic carbocycles. The van der Waals surface area contributed by atoms with Gasteiger partial charge < -0.3 is 15.6 Å². The lowest BCUT2D eigenvalue weighted by Crippen LogP contribution is -2.28. The summed E-state index contributed by atoms with van der Waals surface area (Å²) < 4.78 is 15.1. The van der Waals surface area contributed by atoms with Crippen LogP contribution in [0.5, 0.6) is 0 Å². The maximum Gasteiger partial charge on any atom is 0.171 e. The lowest BCUT2D eigenvalue weighted by molar-refractivity contribution is 0.592. The van der Waals surface area contributed by atoms with Gasteiger partial charge in [-0.1, -0.05) is 121 Å². The minimum Gasteiger partial charge on any atom is -0.383 e. The fourth-order valence-electron chi connectivity index (χ4n) is 5.07. The van der Waals surface area contributed by atoms with Crippen molar-refractivity contribution in [2.75, 3.05) is 0 Å². The molecule has 1 heterocycles. The van der Waals surface area contributed by atoms with E-state index < -0.39 is 7.14 Å². The van der Waals surface area contributed by atoms with Gasteiger partial charge in [0.1, 0.15) is 12.0 Å². The molecule has 1 aliphatic heterocycles. The van der Waals surface area contributed by atoms with Crippen molar-refractivity contribution in [2.45, 2.75) is 6.17 Å². The van der Waals surface area contributed by atoms with Gasteiger partial charge in [-0.3, -0.25) is 0 Å². The van der Waals surface area contributed by atoms with E-state index in [1.807, 2.05) is 128 Å². The number of benzene rings is 5. The number of allylic oxidation sites excluding steroid dienone is 2. The molecule has 0 amide bonds. The lowest BCUT2D eigenvalue weighted by atomic mass is 10.0. The van der Waals surface area contributed by atoms with Gasteiger partial charge in [0.2, 0.25) is 0 Å². The second-order valence-corrected chi connectivity index (χ2v) is 12.1. The van der Waals surface area contributed by atoms with Crippen molar-refractivity contribution in [1.29, 1.82) is 0 Å². The van der Waals surface area contributed by atoms with Crippen molar-refractivity contribution in [2.24, 2.45) is 10.7 Å². The fourth-order valence-corrected chi connectivity index (χ4v) is 7.92. The molecule has 3 N–H and O–H groups in total. The second kappa shape index (κ2) is 10.6. The second-order valence-electron chi connectivity index (χ2n) is 9.41. The number of hydrogen-bond acceptors (Lipinski definition) is 3. The van der Waals surface area contributed by atoms with Crippen LogP contribution in [-0.4, -0.2) is 12.0 Å². The number of hydrogen-bond donors (Lipinski definition) is 2. The topological polar surface area (TPSA) is 67.5 Å². The molecule has 0 aliphatic carbocycles. The highest BCUT2D eigenvalue weighted by Gasteiger charge is 2.31. The van der Waals surface area contributed by atoms with Crippen LogP contribution in [-0.2, 0) is 4.57 Å². The molecular formula is C34H28N3OP. The Bertz CT molecular complexity index is 1720. The Balaban J connectivity index is 1.41. The quantitative estimate of drug-likeness (QED) is 0.170. The lowest BCUT2D eigenvalue weighted by Gasteiger charge is -2.23. The average Bonchev–Trinajstić information content (AvgIpc) is 3.02. The van der Waals surface area contributed by atoms with Crippen molar-refractivity contribution in [3.05, 3.63) is 157 Å². The summed E-state index contributed by atoms with van der Waals surface area (Å²) in [4.78, 5) is 4.78. The average molecular weight is 526 g/mol. The van der Waals surface area contributed by atoms with Crippen LogP contribution in [0.25, 0.3) is 16.3 Å². The summed E-state index contributed by atoms with van der Waals surface area (Å²) in [6, 6.07) is 41.6. The highest BCUT2D eigenvalue weighted by molar-refractivity contribution is 7.85. The van der Waals surface area contributed by atoms with Crippen molar-refractivity contribution in [3.63, 3.8) is 0 Å². The third kappa shape index (κ3) is 4.71. The van der Waals surface area contributed by atoms with E-state index >= 15 is 4.57 Å². The Morgan fingerprint density at radius 3 is 1.85 bits per heavy atom. The predicted molar refractivity (Wildman–Crippen MR) is 165 cm³/mol. The third-order valence-corrected chi connectivity index (χ3v) is 10.1. The maximum atomic E-state index is 15.1. The van der Waals surface area contributed by atoms with E-state index in [1.165, 1.54) is 0 Å². The van der Waals surface area contributed by atoms with Crippen LogP contribution >= 0.6 is 7.14 Å². The van der Waals surface area contributed by atoms with Gasteiger partial charge in [-0.05, 0) is 40.1 Å². The van der Waals surface area contributed by atoms with E-state index in [0.29, 0.717) is 5.84 Å². The number of aliphatic imine (C=N–C) groups is 1. The SMILES string of the molecule is NC(=NC1C=CC(c2ccccc2)=CN1)c1ccc(P(=O)(c2ccccc2)c2ccccc2)c2ccccc12. The van der Waals surface area contributed by atoms with Gasteiger partial charge in [0.15, 0.2) is 7.14 Å². The van der Waals surface area contributed by atoms with Crippen molar-refractivity contribution in [1.82, 2.24) is 5.32 Å². The minimum absolute atomic E-state index is 0.282. The van der Waals surface area contributed by atoms with Gasteiger partial charge in [0.25, 0.3) is 0 Å². The van der Waals surface area contributed by atoms with Crippen LogP contribution < -0.4 is 27.0 Å². The largest absolute Gasteiger partial charge is 0.383 e. The molecule has 5 aromatic rings. The molecule has 4 nitrogen and oxygen atoms in total. The Hall–Kier alpha value is -4.66. The first-order chi connectivity index (χ1) is 19.1. The van der Waals surface area contributed by atoms with Crippen molar-refractivity contribution >= 4 is 45.2 Å². The first-order valence-electron chi connectivity index (χ1n) is 12.9. The van der Waals surface area contributed by atoms with Gasteiger partial charge in [-0.15, -0.1) is 0 Å². The molecule has 0 radical (unpaired) electrons. The summed E-state index contributed by atoms with van der Waals surface area (Å²) >= 11 is 0. The number of rotatable bonds is 6. The van der Waals surface area contributed by atoms with Crippen LogP contribution in [0.15, 0.2) is 151 Å². The Morgan fingerprint density at radius 1 is 0.692 bits per heavy atom. The number of nitrogens with one attached hydrogen (secondary N) is 1. The van der Waals surface area contributed by atoms with E-state index in [1.54, 1.807) is 0 Å². The molecule has 1 atom stereocenters. The summed E-state index contributed by atoms with van der Waals surface area (Å²) in [5.74, 6) is 0.422. The van der Waals surface area contributed by atoms with Crippen LogP contribution in [0.2, 0.25) is 0 Å². The van der Waals surface area contributed by atoms with Gasteiger partial charge in [-0.2, -0.15) is 0 Å². The molecule has 0 bridgehead atoms. The van der Waals surface area contributed by atoms with Crippen molar-refractivity contribution < 1.29 is 4.57 Å². The standard InChI is InChI=1S/C34H28N3OP/c35-34(37-33-23-20-26(24-36-33)25-12-4-1-5-13-25)31-21-22-32(30-19-11-10-18-29(30)31)39(38,27-14-6-2-7-15-27)28-16-8-3-9-17-28/h1-24,33,36H,(H2,35,37). The van der Waals surface area contributed by atoms with Gasteiger partial charge in [0.05, 0.1) is 0 Å². The zero-order chi connectivity index (χ0) is 26.7. The maximum absolute atomic E-state index is 15.1. The van der Waals surface area contributed by atoms with Crippen LogP contribution in [0.1, 0.15) is 11.1 Å². The van der Waals surface area contributed by atoms with Crippen LogP contribution in [0, 0.1) is 0 Å². The molecule has 0 spiro atoms. The molecule has 0 saturated carbocycles. The third-order valence-electron chi connectivity index (χ3n) is 7.01. The highest BCUT2D eigenvalue weighted by Crippen LogP contribution is 2.44. The Kier molecular flexibility index (Phi) is 6.71. The fraction of sp³-hybridized carbons (Fsp3) is 0.0294. The number of nitrogens with zero attached hydrogens (tertiary/aromatic N) is 1. The summed E-state index contributed by atoms with van der Waals surface area (Å²) in [5.41, 5.74) is 9.65. The molecule has 0 saturated heterocycles. The zero-order valence-corrected chi connectivity index (χ0v) is 22.2. The Labute approximate surface area is 228 Å². The number of nitrogens with two attached hydrogens (primary N) is 1. The van der Waals surface area contributed by atoms with Crippen molar-refractivity contribution in [3.8, 4) is 0 Å². The summed E-state index contributed by atoms with van der Waals surface area (Å²) in [6.07, 6.45) is 5.75. The molecule has 0 aromatic heterocycles. The summed E-state index contributed by atoms with van der Waals surface area (Å²) in [6.45, 7) is 0. The molecular weight excluding hydrogens is 497 g/mol. The first-order valence-corrected chi connectivity index (χ1v) is 14.6. The first kappa shape index (κ1) is 24.7. The number of dihydropyridines is 1. The molecule has 39 heavy (non-hydrogen) atoms. The number of amidine groups is 1. The molecule has 0 fully saturated rings. The van der Waals surface area contributed by atoms with E-state index in [0.717, 1.165) is 43.4 Å². The number of fused-ring (bicyclic) bond motifs is 1. The smallest absolute Gasteiger partial charge is 0.171 e. The van der Waals surface area contributed by atoms with Gasteiger partial charge in [0, 0.05) is 27.7 Å². The van der Waals surface area contributed by atoms with Crippen LogP contribution in [0.4, 0.5) is 0 Å². The predicted octanol–water partition coefficient (Wildman–Crippen LogP) is 5.71. The van der Waals surface area contributed by atoms with Gasteiger partial charge in [-0.25, -0.2) is 4.99 Å². The molecule has 190 valence electrons. The van der Waals surface area contributed by atoms with Gasteiger partial charge >= 0.3 is 0 Å². The Morgan fingerprint density at radius 2 is 1.26 bits per heavy atom. The van der Waals surface area contributed by atoms with Crippen LogP contribution in [0.3, 0.4) is 0 Å². The van der Waals surface area contributed by atoms with E-state index in [4.69, 9.17) is 10.7 Å². The summed E-state index contributed by atoms with van der Waals surface area (Å²) in [5, 5.41) is 7.55. The normalized spacial score (nSPS) is 15.5. The monoisotopic (exact) mass is 525 g/mol. The molecule has 1 unspecified atom stereocenters. The van der Waals surface area contributed by atoms with E-state index in [9.17, 15) is 0 Å². The molecule has 1 aliphatic rings.